The third kappa shape index (κ3) is 3.63. The summed E-state index contributed by atoms with van der Waals surface area (Å²) in [4.78, 5) is 4.12. The van der Waals surface area contributed by atoms with Gasteiger partial charge in [0.2, 0.25) is 0 Å². The molecule has 0 aliphatic heterocycles. The average Bonchev–Trinajstić information content (AvgIpc) is 3.27. The van der Waals surface area contributed by atoms with Crippen LogP contribution in [0, 0.1) is 0 Å². The van der Waals surface area contributed by atoms with E-state index in [0.717, 1.165) is 37.9 Å². The summed E-state index contributed by atoms with van der Waals surface area (Å²) in [6.45, 7) is 10.2. The van der Waals surface area contributed by atoms with Crippen LogP contribution in [0.4, 0.5) is 0 Å². The van der Waals surface area contributed by atoms with Crippen molar-refractivity contribution in [3.8, 4) is 16.9 Å². The molecule has 0 atom stereocenters. The number of benzene rings is 2. The highest BCUT2D eigenvalue weighted by Crippen LogP contribution is 2.38. The Kier molecular flexibility index (Phi) is 4.67. The zero-order chi connectivity index (χ0) is 21.0. The summed E-state index contributed by atoms with van der Waals surface area (Å²) < 4.78 is 5.16. The van der Waals surface area contributed by atoms with Crippen LogP contribution in [0.1, 0.15) is 40.2 Å². The summed E-state index contributed by atoms with van der Waals surface area (Å²) in [7, 11) is 0. The van der Waals surface area contributed by atoms with E-state index >= 15 is 0 Å². The molecule has 6 heteroatoms. The molecular formula is C23H25BrN4O. The number of fused-ring (bicyclic) bond motifs is 1. The van der Waals surface area contributed by atoms with Crippen LogP contribution < -0.4 is 0 Å². The van der Waals surface area contributed by atoms with Gasteiger partial charge in [0.25, 0.3) is 0 Å². The van der Waals surface area contributed by atoms with Gasteiger partial charge in [-0.2, -0.15) is 5.10 Å². The van der Waals surface area contributed by atoms with Gasteiger partial charge in [0, 0.05) is 26.5 Å². The largest absolute Gasteiger partial charge is 0.386 e. The van der Waals surface area contributed by atoms with Gasteiger partial charge in [-0.15, -0.1) is 0 Å². The predicted octanol–water partition coefficient (Wildman–Crippen LogP) is 5.63. The lowest BCUT2D eigenvalue weighted by atomic mass is 9.94. The predicted molar refractivity (Wildman–Crippen MR) is 120 cm³/mol. The molecule has 0 spiro atoms. The van der Waals surface area contributed by atoms with Crippen LogP contribution in [0.25, 0.3) is 27.8 Å². The van der Waals surface area contributed by atoms with Crippen molar-refractivity contribution in [1.82, 2.24) is 19.3 Å². The van der Waals surface area contributed by atoms with E-state index in [1.165, 1.54) is 6.33 Å². The highest BCUT2D eigenvalue weighted by atomic mass is 79.9. The van der Waals surface area contributed by atoms with E-state index in [2.05, 4.69) is 81.7 Å². The van der Waals surface area contributed by atoms with Crippen LogP contribution in [0.5, 0.6) is 0 Å². The molecule has 150 valence electrons. The van der Waals surface area contributed by atoms with Gasteiger partial charge in [0.05, 0.1) is 17.0 Å². The molecule has 4 aromatic rings. The summed E-state index contributed by atoms with van der Waals surface area (Å²) in [6, 6.07) is 14.6. The Bertz CT molecular complexity index is 1180. The SMILES string of the molecule is CC(C)(O)c1ccc(-n2cncn2)c(-c2cc3cc(Br)ccc3n2C(C)(C)C)c1. The molecule has 0 bridgehead atoms. The summed E-state index contributed by atoms with van der Waals surface area (Å²) in [6.07, 6.45) is 3.23. The Hall–Kier alpha value is -2.44. The van der Waals surface area contributed by atoms with Crippen LogP contribution in [0.2, 0.25) is 0 Å². The number of aromatic nitrogens is 4. The Morgan fingerprint density at radius 3 is 2.34 bits per heavy atom. The Morgan fingerprint density at radius 2 is 1.72 bits per heavy atom. The molecule has 0 amide bonds. The Morgan fingerprint density at radius 1 is 0.966 bits per heavy atom. The molecule has 2 aromatic carbocycles. The molecule has 4 rings (SSSR count). The van der Waals surface area contributed by atoms with Gasteiger partial charge in [-0.1, -0.05) is 22.0 Å². The first kappa shape index (κ1) is 19.9. The minimum absolute atomic E-state index is 0.144. The fourth-order valence-corrected chi connectivity index (χ4v) is 4.14. The molecular weight excluding hydrogens is 428 g/mol. The fourth-order valence-electron chi connectivity index (χ4n) is 3.76. The summed E-state index contributed by atoms with van der Waals surface area (Å²) >= 11 is 3.59. The van der Waals surface area contributed by atoms with Crippen LogP contribution in [-0.4, -0.2) is 24.4 Å². The van der Waals surface area contributed by atoms with E-state index in [1.54, 1.807) is 24.9 Å². The van der Waals surface area contributed by atoms with Gasteiger partial charge < -0.3 is 9.67 Å². The zero-order valence-electron chi connectivity index (χ0n) is 17.3. The van der Waals surface area contributed by atoms with Gasteiger partial charge in [0.1, 0.15) is 12.7 Å². The number of halogens is 1. The lowest BCUT2D eigenvalue weighted by Crippen LogP contribution is -2.23. The maximum Gasteiger partial charge on any atom is 0.138 e. The van der Waals surface area contributed by atoms with Crippen LogP contribution in [-0.2, 0) is 11.1 Å². The van der Waals surface area contributed by atoms with Gasteiger partial charge in [-0.25, -0.2) is 9.67 Å². The van der Waals surface area contributed by atoms with Gasteiger partial charge in [0.15, 0.2) is 0 Å². The number of rotatable bonds is 3. The normalized spacial score (nSPS) is 12.7. The lowest BCUT2D eigenvalue weighted by molar-refractivity contribution is 0.0786. The zero-order valence-corrected chi connectivity index (χ0v) is 18.9. The van der Waals surface area contributed by atoms with Crippen molar-refractivity contribution in [2.75, 3.05) is 0 Å². The molecule has 0 aliphatic rings. The van der Waals surface area contributed by atoms with Crippen molar-refractivity contribution >= 4 is 26.8 Å². The second-order valence-corrected chi connectivity index (χ2v) is 9.79. The first-order valence-corrected chi connectivity index (χ1v) is 10.4. The molecule has 5 nitrogen and oxygen atoms in total. The highest BCUT2D eigenvalue weighted by molar-refractivity contribution is 9.10. The summed E-state index contributed by atoms with van der Waals surface area (Å²) in [5, 5.41) is 16.1. The maximum atomic E-state index is 10.6. The van der Waals surface area contributed by atoms with Gasteiger partial charge >= 0.3 is 0 Å². The van der Waals surface area contributed by atoms with Crippen molar-refractivity contribution in [3.63, 3.8) is 0 Å². The smallest absolute Gasteiger partial charge is 0.138 e. The van der Waals surface area contributed by atoms with E-state index in [-0.39, 0.29) is 5.54 Å². The first-order chi connectivity index (χ1) is 13.6. The molecule has 0 saturated heterocycles. The van der Waals surface area contributed by atoms with Crippen molar-refractivity contribution in [2.45, 2.75) is 45.8 Å². The van der Waals surface area contributed by atoms with Crippen LogP contribution in [0.3, 0.4) is 0 Å². The van der Waals surface area contributed by atoms with Crippen molar-refractivity contribution in [1.29, 1.82) is 0 Å². The molecule has 0 saturated carbocycles. The maximum absolute atomic E-state index is 10.6. The monoisotopic (exact) mass is 452 g/mol. The first-order valence-electron chi connectivity index (χ1n) is 9.59. The Balaban J connectivity index is 2.09. The van der Waals surface area contributed by atoms with Crippen molar-refractivity contribution < 1.29 is 5.11 Å². The molecule has 2 aromatic heterocycles. The molecule has 1 N–H and O–H groups in total. The summed E-state index contributed by atoms with van der Waals surface area (Å²) in [5.74, 6) is 0. The molecule has 2 heterocycles. The number of hydrogen-bond acceptors (Lipinski definition) is 3. The minimum atomic E-state index is -0.947. The third-order valence-corrected chi connectivity index (χ3v) is 5.57. The van der Waals surface area contributed by atoms with E-state index in [4.69, 9.17) is 0 Å². The second-order valence-electron chi connectivity index (χ2n) is 8.87. The lowest BCUT2D eigenvalue weighted by Gasteiger charge is -2.27. The minimum Gasteiger partial charge on any atom is -0.386 e. The molecule has 0 radical (unpaired) electrons. The Labute approximate surface area is 179 Å². The van der Waals surface area contributed by atoms with Crippen molar-refractivity contribution in [3.05, 3.63) is 65.2 Å². The number of hydrogen-bond donors (Lipinski definition) is 1. The topological polar surface area (TPSA) is 55.9 Å². The van der Waals surface area contributed by atoms with Crippen LogP contribution >= 0.6 is 15.9 Å². The standard InChI is InChI=1S/C23H25BrN4O/c1-22(2,3)28-19-9-7-17(24)10-15(19)11-21(28)18-12-16(23(4,5)29)6-8-20(18)27-14-25-13-26-27/h6-14,29H,1-5H3. The third-order valence-electron chi connectivity index (χ3n) is 5.08. The van der Waals surface area contributed by atoms with E-state index < -0.39 is 5.60 Å². The van der Waals surface area contributed by atoms with Crippen LogP contribution in [0.15, 0.2) is 59.6 Å². The average molecular weight is 453 g/mol. The number of nitrogens with zero attached hydrogens (tertiary/aromatic N) is 4. The molecule has 0 fully saturated rings. The molecule has 0 aliphatic carbocycles. The fraction of sp³-hybridized carbons (Fsp3) is 0.304. The summed E-state index contributed by atoms with van der Waals surface area (Å²) in [5.41, 5.74) is 3.91. The van der Waals surface area contributed by atoms with E-state index in [9.17, 15) is 5.11 Å². The van der Waals surface area contributed by atoms with E-state index in [1.807, 2.05) is 12.1 Å². The quantitative estimate of drug-likeness (QED) is 0.437. The van der Waals surface area contributed by atoms with E-state index in [0.29, 0.717) is 0 Å². The number of aliphatic hydroxyl groups is 1. The second kappa shape index (κ2) is 6.82. The molecule has 29 heavy (non-hydrogen) atoms. The molecule has 0 unspecified atom stereocenters. The van der Waals surface area contributed by atoms with Gasteiger partial charge in [-0.05, 0) is 76.6 Å². The van der Waals surface area contributed by atoms with Crippen molar-refractivity contribution in [2.24, 2.45) is 0 Å². The van der Waals surface area contributed by atoms with Gasteiger partial charge in [-0.3, -0.25) is 0 Å². The highest BCUT2D eigenvalue weighted by Gasteiger charge is 2.25.